The molecule has 1 aliphatic rings. The van der Waals surface area contributed by atoms with Gasteiger partial charge < -0.3 is 5.32 Å². The molecular formula is C19H28N2. The summed E-state index contributed by atoms with van der Waals surface area (Å²) in [6.07, 6.45) is 15.1. The van der Waals surface area contributed by atoms with E-state index in [0.717, 1.165) is 11.3 Å². The molecule has 2 heteroatoms. The quantitative estimate of drug-likeness (QED) is 0.762. The lowest BCUT2D eigenvalue weighted by Crippen LogP contribution is -2.19. The van der Waals surface area contributed by atoms with E-state index < -0.39 is 0 Å². The van der Waals surface area contributed by atoms with Gasteiger partial charge in [0.25, 0.3) is 0 Å². The van der Waals surface area contributed by atoms with Crippen LogP contribution in [0.25, 0.3) is 0 Å². The van der Waals surface area contributed by atoms with Crippen LogP contribution in [0.4, 0.5) is 5.69 Å². The number of anilines is 1. The van der Waals surface area contributed by atoms with Crippen molar-refractivity contribution >= 4 is 5.69 Å². The van der Waals surface area contributed by atoms with Crippen LogP contribution in [0.1, 0.15) is 76.2 Å². The predicted molar refractivity (Wildman–Crippen MR) is 89.4 cm³/mol. The van der Waals surface area contributed by atoms with Gasteiger partial charge in [-0.25, -0.2) is 0 Å². The van der Waals surface area contributed by atoms with Gasteiger partial charge in [-0.2, -0.15) is 5.26 Å². The average Bonchev–Trinajstić information content (AvgIpc) is 2.51. The molecule has 0 aromatic heterocycles. The van der Waals surface area contributed by atoms with Crippen molar-refractivity contribution in [3.8, 4) is 6.07 Å². The SMILES string of the molecule is N#Cc1ccc(NC2CCCCCCCCCCC2)cc1. The van der Waals surface area contributed by atoms with E-state index in [-0.39, 0.29) is 0 Å². The van der Waals surface area contributed by atoms with Crippen molar-refractivity contribution < 1.29 is 0 Å². The maximum atomic E-state index is 8.86. The van der Waals surface area contributed by atoms with Gasteiger partial charge >= 0.3 is 0 Å². The van der Waals surface area contributed by atoms with Crippen LogP contribution in [-0.4, -0.2) is 6.04 Å². The van der Waals surface area contributed by atoms with E-state index in [1.54, 1.807) is 0 Å². The molecule has 1 aromatic carbocycles. The van der Waals surface area contributed by atoms with E-state index in [9.17, 15) is 0 Å². The summed E-state index contributed by atoms with van der Waals surface area (Å²) in [4.78, 5) is 0. The Morgan fingerprint density at radius 1 is 0.762 bits per heavy atom. The van der Waals surface area contributed by atoms with Gasteiger partial charge in [0.05, 0.1) is 11.6 Å². The molecule has 1 saturated carbocycles. The second kappa shape index (κ2) is 9.45. The third-order valence-corrected chi connectivity index (χ3v) is 4.49. The lowest BCUT2D eigenvalue weighted by atomic mass is 9.97. The number of hydrogen-bond donors (Lipinski definition) is 1. The Balaban J connectivity index is 1.85. The van der Waals surface area contributed by atoms with Crippen molar-refractivity contribution in [3.63, 3.8) is 0 Å². The molecule has 1 N–H and O–H groups in total. The summed E-state index contributed by atoms with van der Waals surface area (Å²) < 4.78 is 0. The number of hydrogen-bond acceptors (Lipinski definition) is 2. The molecule has 114 valence electrons. The molecule has 0 bridgehead atoms. The Morgan fingerprint density at radius 2 is 1.24 bits per heavy atom. The van der Waals surface area contributed by atoms with Gasteiger partial charge in [0, 0.05) is 11.7 Å². The normalized spacial score (nSPS) is 19.0. The molecule has 2 nitrogen and oxygen atoms in total. The number of nitrogens with zero attached hydrogens (tertiary/aromatic N) is 1. The van der Waals surface area contributed by atoms with E-state index in [2.05, 4.69) is 11.4 Å². The minimum atomic E-state index is 0.595. The molecule has 0 amide bonds. The Kier molecular flexibility index (Phi) is 7.15. The van der Waals surface area contributed by atoms with E-state index in [1.165, 1.54) is 70.6 Å². The first-order chi connectivity index (χ1) is 10.4. The highest BCUT2D eigenvalue weighted by atomic mass is 14.9. The van der Waals surface area contributed by atoms with Gasteiger partial charge in [0.2, 0.25) is 0 Å². The zero-order valence-electron chi connectivity index (χ0n) is 13.1. The molecule has 1 fully saturated rings. The van der Waals surface area contributed by atoms with Gasteiger partial charge in [0.1, 0.15) is 0 Å². The molecule has 0 spiro atoms. The molecule has 1 aliphatic carbocycles. The zero-order chi connectivity index (χ0) is 14.8. The fourth-order valence-electron chi connectivity index (χ4n) is 3.18. The van der Waals surface area contributed by atoms with Gasteiger partial charge in [-0.05, 0) is 37.1 Å². The van der Waals surface area contributed by atoms with E-state index in [4.69, 9.17) is 5.26 Å². The van der Waals surface area contributed by atoms with Crippen LogP contribution in [0, 0.1) is 11.3 Å². The number of rotatable bonds is 2. The van der Waals surface area contributed by atoms with Crippen molar-refractivity contribution in [2.75, 3.05) is 5.32 Å². The monoisotopic (exact) mass is 284 g/mol. The summed E-state index contributed by atoms with van der Waals surface area (Å²) in [6.45, 7) is 0. The maximum Gasteiger partial charge on any atom is 0.0991 e. The molecule has 21 heavy (non-hydrogen) atoms. The van der Waals surface area contributed by atoms with Crippen molar-refractivity contribution in [1.82, 2.24) is 0 Å². The highest BCUT2D eigenvalue weighted by Crippen LogP contribution is 2.20. The van der Waals surface area contributed by atoms with Crippen LogP contribution >= 0.6 is 0 Å². The first-order valence-corrected chi connectivity index (χ1v) is 8.65. The Labute approximate surface area is 129 Å². The van der Waals surface area contributed by atoms with Crippen LogP contribution < -0.4 is 5.32 Å². The first kappa shape index (κ1) is 15.9. The Hall–Kier alpha value is -1.49. The van der Waals surface area contributed by atoms with Gasteiger partial charge in [-0.15, -0.1) is 0 Å². The highest BCUT2D eigenvalue weighted by molar-refractivity contribution is 5.47. The third kappa shape index (κ3) is 6.21. The second-order valence-corrected chi connectivity index (χ2v) is 6.29. The van der Waals surface area contributed by atoms with Crippen molar-refractivity contribution in [1.29, 1.82) is 5.26 Å². The van der Waals surface area contributed by atoms with Crippen LogP contribution in [0.3, 0.4) is 0 Å². The van der Waals surface area contributed by atoms with E-state index in [0.29, 0.717) is 6.04 Å². The van der Waals surface area contributed by atoms with Crippen molar-refractivity contribution in [2.24, 2.45) is 0 Å². The summed E-state index contributed by atoms with van der Waals surface area (Å²) in [6, 6.07) is 10.6. The van der Waals surface area contributed by atoms with Gasteiger partial charge in [-0.3, -0.25) is 0 Å². The second-order valence-electron chi connectivity index (χ2n) is 6.29. The number of nitriles is 1. The minimum Gasteiger partial charge on any atom is -0.382 e. The molecule has 0 saturated heterocycles. The fourth-order valence-corrected chi connectivity index (χ4v) is 3.18. The summed E-state index contributed by atoms with van der Waals surface area (Å²) in [7, 11) is 0. The standard InChI is InChI=1S/C19H28N2/c20-16-17-12-14-19(15-13-17)21-18-10-8-6-4-2-1-3-5-7-9-11-18/h12-15,18,21H,1-11H2. The molecule has 0 heterocycles. The molecule has 2 rings (SSSR count). The lowest BCUT2D eigenvalue weighted by molar-refractivity contribution is 0.480. The average molecular weight is 284 g/mol. The molecule has 1 aromatic rings. The van der Waals surface area contributed by atoms with E-state index in [1.807, 2.05) is 24.3 Å². The molecule has 0 atom stereocenters. The van der Waals surface area contributed by atoms with Crippen LogP contribution in [0.2, 0.25) is 0 Å². The minimum absolute atomic E-state index is 0.595. The van der Waals surface area contributed by atoms with Gasteiger partial charge in [0.15, 0.2) is 0 Å². The van der Waals surface area contributed by atoms with Gasteiger partial charge in [-0.1, -0.05) is 57.8 Å². The van der Waals surface area contributed by atoms with Crippen LogP contribution in [-0.2, 0) is 0 Å². The summed E-state index contributed by atoms with van der Waals surface area (Å²) in [5.74, 6) is 0. The fraction of sp³-hybridized carbons (Fsp3) is 0.632. The lowest BCUT2D eigenvalue weighted by Gasteiger charge is -2.20. The van der Waals surface area contributed by atoms with Crippen LogP contribution in [0.5, 0.6) is 0 Å². The maximum absolute atomic E-state index is 8.86. The highest BCUT2D eigenvalue weighted by Gasteiger charge is 2.09. The predicted octanol–water partition coefficient (Wildman–Crippen LogP) is 5.64. The number of nitrogens with one attached hydrogen (secondary N) is 1. The largest absolute Gasteiger partial charge is 0.382 e. The third-order valence-electron chi connectivity index (χ3n) is 4.49. The van der Waals surface area contributed by atoms with E-state index >= 15 is 0 Å². The Morgan fingerprint density at radius 3 is 1.71 bits per heavy atom. The Bertz CT molecular complexity index is 418. The molecule has 0 radical (unpaired) electrons. The molecular weight excluding hydrogens is 256 g/mol. The smallest absolute Gasteiger partial charge is 0.0991 e. The summed E-state index contributed by atoms with van der Waals surface area (Å²) in [5, 5.41) is 12.5. The first-order valence-electron chi connectivity index (χ1n) is 8.65. The summed E-state index contributed by atoms with van der Waals surface area (Å²) >= 11 is 0. The zero-order valence-corrected chi connectivity index (χ0v) is 13.1. The van der Waals surface area contributed by atoms with Crippen molar-refractivity contribution in [2.45, 2.75) is 76.7 Å². The van der Waals surface area contributed by atoms with Crippen molar-refractivity contribution in [3.05, 3.63) is 29.8 Å². The topological polar surface area (TPSA) is 35.8 Å². The molecule has 0 unspecified atom stereocenters. The summed E-state index contributed by atoms with van der Waals surface area (Å²) in [5.41, 5.74) is 1.89. The number of benzene rings is 1. The van der Waals surface area contributed by atoms with Crippen LogP contribution in [0.15, 0.2) is 24.3 Å². The molecule has 0 aliphatic heterocycles.